The molecule has 0 fully saturated rings. The normalized spacial score (nSPS) is 14.8. The third-order valence-electron chi connectivity index (χ3n) is 8.50. The Morgan fingerprint density at radius 3 is 1.38 bits per heavy atom. The van der Waals surface area contributed by atoms with Crippen LogP contribution < -0.4 is 4.48 Å². The van der Waals surface area contributed by atoms with E-state index in [1.807, 2.05) is 147 Å². The molecule has 1 aliphatic heterocycles. The molecule has 42 heavy (non-hydrogen) atoms. The van der Waals surface area contributed by atoms with Gasteiger partial charge >= 0.3 is 0 Å². The molecule has 0 spiro atoms. The van der Waals surface area contributed by atoms with E-state index in [9.17, 15) is 10.2 Å². The van der Waals surface area contributed by atoms with Crippen LogP contribution in [0.15, 0.2) is 109 Å². The summed E-state index contributed by atoms with van der Waals surface area (Å²) in [6, 6.07) is 31.5. The summed E-state index contributed by atoms with van der Waals surface area (Å²) in [6.45, 7) is 4.03. The van der Waals surface area contributed by atoms with Crippen molar-refractivity contribution in [3.63, 3.8) is 0 Å². The minimum atomic E-state index is -0.750. The van der Waals surface area contributed by atoms with Gasteiger partial charge in [-0.1, -0.05) is 74.5 Å². The van der Waals surface area contributed by atoms with Crippen molar-refractivity contribution < 1.29 is 10.2 Å². The van der Waals surface area contributed by atoms with Crippen molar-refractivity contribution in [3.05, 3.63) is 121 Å². The molecule has 6 aromatic rings. The molecule has 0 amide bonds. The summed E-state index contributed by atoms with van der Waals surface area (Å²) in [5.74, 6) is 3.00. The van der Waals surface area contributed by atoms with E-state index in [1.54, 1.807) is 0 Å². The van der Waals surface area contributed by atoms with Crippen LogP contribution in [0.2, 0.25) is 0 Å². The quantitative estimate of drug-likeness (QED) is 0.220. The minimum Gasteiger partial charge on any atom is -0.507 e. The fourth-order valence-corrected chi connectivity index (χ4v) is 5.94. The molecule has 1 aliphatic rings. The molecule has 2 N–H and O–H groups in total. The van der Waals surface area contributed by atoms with Crippen LogP contribution in [0.3, 0.4) is 0 Å². The van der Waals surface area contributed by atoms with Gasteiger partial charge in [-0.25, -0.2) is 4.48 Å². The lowest BCUT2D eigenvalue weighted by Crippen LogP contribution is -2.35. The van der Waals surface area contributed by atoms with Crippen LogP contribution in [0.4, 0.5) is 11.6 Å². The molecule has 208 valence electrons. The van der Waals surface area contributed by atoms with E-state index in [2.05, 4.69) is 0 Å². The lowest BCUT2D eigenvalue weighted by molar-refractivity contribution is 0.437. The predicted molar refractivity (Wildman–Crippen MR) is 167 cm³/mol. The number of hydrogen-bond donors (Lipinski definition) is 2. The number of hydrogen-bond acceptors (Lipinski definition) is 4. The molecule has 0 radical (unpaired) electrons. The average molecular weight is 555 g/mol. The van der Waals surface area contributed by atoms with Crippen molar-refractivity contribution in [2.24, 2.45) is 0 Å². The Balaban J connectivity index is 1.61. The van der Waals surface area contributed by atoms with E-state index in [0.717, 1.165) is 23.0 Å². The number of rotatable bonds is 2. The van der Waals surface area contributed by atoms with Crippen molar-refractivity contribution in [2.75, 3.05) is 14.1 Å². The summed E-state index contributed by atoms with van der Waals surface area (Å²) >= 11 is 0. The van der Waals surface area contributed by atoms with Gasteiger partial charge in [-0.3, -0.25) is 9.13 Å². The molecule has 3 heterocycles. The standard InChI is InChI=1S/C35H31N5O2/c1-35(2)27-19-11-17-25(31(27)41)33-36-29(21-38(33)23-13-7-5-8-14-23)40(3,4)30-22-39(24-15-9-6-10-16-24)34(37-30)26-18-12-20-28(35)32(26)42/h5-22H,1-4H3,(H-,36,37,41,42)/p+1. The van der Waals surface area contributed by atoms with Gasteiger partial charge in [-0.2, -0.15) is 9.97 Å². The van der Waals surface area contributed by atoms with Gasteiger partial charge in [-0.15, -0.1) is 0 Å². The lowest BCUT2D eigenvalue weighted by atomic mass is 9.76. The summed E-state index contributed by atoms with van der Waals surface area (Å²) in [4.78, 5) is 10.3. The summed E-state index contributed by atoms with van der Waals surface area (Å²) in [7, 11) is 4.09. The van der Waals surface area contributed by atoms with Crippen LogP contribution in [-0.4, -0.2) is 43.4 Å². The van der Waals surface area contributed by atoms with Crippen molar-refractivity contribution in [2.45, 2.75) is 19.3 Å². The van der Waals surface area contributed by atoms with Crippen LogP contribution >= 0.6 is 0 Å². The number of nitrogens with zero attached hydrogens (tertiary/aromatic N) is 5. The van der Waals surface area contributed by atoms with Crippen molar-refractivity contribution in [1.82, 2.24) is 23.6 Å². The number of benzene rings is 4. The number of aromatic hydroxyl groups is 2. The van der Waals surface area contributed by atoms with Crippen LogP contribution in [0.5, 0.6) is 11.5 Å². The number of quaternary nitrogens is 1. The fraction of sp³-hybridized carbons (Fsp3) is 0.143. The van der Waals surface area contributed by atoms with E-state index in [1.165, 1.54) is 0 Å². The predicted octanol–water partition coefficient (Wildman–Crippen LogP) is 7.34. The maximum absolute atomic E-state index is 11.9. The SMILES string of the molecule is CC1(C)c2cccc(c2O)-c2nc(cn2-c2ccccc2)[N+](C)(C)c2cn(-c3ccccc3)c(n2)-c2cccc1c2O. The molecule has 7 heteroatoms. The lowest BCUT2D eigenvalue weighted by Gasteiger charge is -2.29. The number of imidazole rings is 2. The fourth-order valence-electron chi connectivity index (χ4n) is 5.94. The van der Waals surface area contributed by atoms with Gasteiger partial charge in [0.15, 0.2) is 11.6 Å². The average Bonchev–Trinajstić information content (AvgIpc) is 3.64. The first kappa shape index (κ1) is 25.8. The van der Waals surface area contributed by atoms with E-state index >= 15 is 0 Å². The highest BCUT2D eigenvalue weighted by molar-refractivity contribution is 5.76. The molecule has 0 atom stereocenters. The Kier molecular flexibility index (Phi) is 5.65. The van der Waals surface area contributed by atoms with E-state index in [-0.39, 0.29) is 16.0 Å². The Morgan fingerprint density at radius 1 is 0.571 bits per heavy atom. The van der Waals surface area contributed by atoms with Crippen LogP contribution in [0, 0.1) is 0 Å². The zero-order chi connectivity index (χ0) is 29.2. The van der Waals surface area contributed by atoms with Crippen molar-refractivity contribution >= 4 is 11.6 Å². The molecule has 7 rings (SSSR count). The van der Waals surface area contributed by atoms with Crippen LogP contribution in [0.1, 0.15) is 25.0 Å². The Morgan fingerprint density at radius 2 is 0.976 bits per heavy atom. The maximum Gasteiger partial charge on any atom is 0.252 e. The molecular weight excluding hydrogens is 522 g/mol. The van der Waals surface area contributed by atoms with Gasteiger partial charge in [-0.05, 0) is 36.4 Å². The van der Waals surface area contributed by atoms with E-state index in [4.69, 9.17) is 9.97 Å². The highest BCUT2D eigenvalue weighted by atomic mass is 16.3. The third kappa shape index (κ3) is 3.78. The zero-order valence-electron chi connectivity index (χ0n) is 24.0. The number of para-hydroxylation sites is 4. The second-order valence-electron chi connectivity index (χ2n) is 11.7. The third-order valence-corrected chi connectivity index (χ3v) is 8.50. The smallest absolute Gasteiger partial charge is 0.252 e. The molecule has 4 aromatic carbocycles. The molecule has 8 bridgehead atoms. The van der Waals surface area contributed by atoms with E-state index in [0.29, 0.717) is 33.9 Å². The minimum absolute atomic E-state index is 0.134. The van der Waals surface area contributed by atoms with Crippen molar-refractivity contribution in [3.8, 4) is 45.6 Å². The molecule has 0 saturated carbocycles. The summed E-state index contributed by atoms with van der Waals surface area (Å²) in [5, 5.41) is 23.8. The maximum atomic E-state index is 11.9. The summed E-state index contributed by atoms with van der Waals surface area (Å²) in [6.07, 6.45) is 4.03. The van der Waals surface area contributed by atoms with Gasteiger partial charge in [0.2, 0.25) is 0 Å². The Bertz CT molecular complexity index is 1810. The first-order valence-corrected chi connectivity index (χ1v) is 14.0. The van der Waals surface area contributed by atoms with Crippen LogP contribution in [0.25, 0.3) is 34.2 Å². The summed E-state index contributed by atoms with van der Waals surface area (Å²) < 4.78 is 4.27. The second-order valence-corrected chi connectivity index (χ2v) is 11.7. The molecule has 2 aromatic heterocycles. The van der Waals surface area contributed by atoms with Gasteiger partial charge in [0.25, 0.3) is 11.6 Å². The molecular formula is C35H32N5O2+. The number of fused-ring (bicyclic) bond motifs is 10. The second kappa shape index (κ2) is 9.19. The van der Waals surface area contributed by atoms with Gasteiger partial charge in [0.1, 0.15) is 11.5 Å². The number of phenols is 2. The van der Waals surface area contributed by atoms with Gasteiger partial charge in [0.05, 0.1) is 37.6 Å². The van der Waals surface area contributed by atoms with Crippen molar-refractivity contribution in [1.29, 1.82) is 0 Å². The topological polar surface area (TPSA) is 76.1 Å². The number of aromatic nitrogens is 4. The zero-order valence-corrected chi connectivity index (χ0v) is 24.0. The first-order chi connectivity index (χ1) is 20.2. The summed E-state index contributed by atoms with van der Waals surface area (Å²) in [5.41, 5.74) is 3.71. The molecule has 0 unspecified atom stereocenters. The van der Waals surface area contributed by atoms with Gasteiger partial charge in [0, 0.05) is 27.9 Å². The molecule has 7 nitrogen and oxygen atoms in total. The Labute approximate surface area is 244 Å². The Hall–Kier alpha value is -5.14. The van der Waals surface area contributed by atoms with Gasteiger partial charge < -0.3 is 10.2 Å². The first-order valence-electron chi connectivity index (χ1n) is 14.0. The highest BCUT2D eigenvalue weighted by Crippen LogP contribution is 2.48. The molecule has 0 saturated heterocycles. The molecule has 0 aliphatic carbocycles. The van der Waals surface area contributed by atoms with E-state index < -0.39 is 5.41 Å². The number of phenolic OH excluding ortho intramolecular Hbond substituents is 2. The highest BCUT2D eigenvalue weighted by Gasteiger charge is 2.36. The monoisotopic (exact) mass is 554 g/mol. The van der Waals surface area contributed by atoms with Crippen LogP contribution in [-0.2, 0) is 5.41 Å². The largest absolute Gasteiger partial charge is 0.507 e.